The van der Waals surface area contributed by atoms with Gasteiger partial charge in [-0.15, -0.1) is 0 Å². The van der Waals surface area contributed by atoms with Crippen molar-refractivity contribution in [2.45, 2.75) is 32.7 Å². The molecular weight excluding hydrogens is 414 g/mol. The molecule has 5 heteroatoms. The molecule has 168 valence electrons. The molecule has 1 N–H and O–H groups in total. The van der Waals surface area contributed by atoms with Gasteiger partial charge in [-0.05, 0) is 48.2 Å². The maximum atomic E-state index is 13.2. The lowest BCUT2D eigenvalue weighted by Gasteiger charge is -2.26. The normalized spacial score (nSPS) is 17.6. The number of nitrogens with zero attached hydrogens (tertiary/aromatic N) is 1. The number of hydrogen-bond donors (Lipinski definition) is 1. The van der Waals surface area contributed by atoms with E-state index in [0.717, 1.165) is 5.56 Å². The molecule has 1 fully saturated rings. The average Bonchev–Trinajstić information content (AvgIpc) is 3.10. The van der Waals surface area contributed by atoms with Gasteiger partial charge in [-0.3, -0.25) is 14.5 Å². The first-order valence-electron chi connectivity index (χ1n) is 11.1. The maximum Gasteiger partial charge on any atom is 0.300 e. The molecule has 0 spiro atoms. The Kier molecular flexibility index (Phi) is 6.31. The first-order valence-corrected chi connectivity index (χ1v) is 11.1. The van der Waals surface area contributed by atoms with Crippen molar-refractivity contribution in [3.05, 3.63) is 101 Å². The molecule has 1 atom stereocenters. The number of Topliss-reactive ketones (excluding diaryl/α,β-unsaturated/α-hetero) is 1. The van der Waals surface area contributed by atoms with E-state index in [4.69, 9.17) is 4.74 Å². The zero-order valence-corrected chi connectivity index (χ0v) is 19.0. The molecule has 1 aliphatic heterocycles. The highest BCUT2D eigenvalue weighted by molar-refractivity contribution is 6.51. The number of ether oxygens (including phenoxy) is 1. The molecule has 1 amide bonds. The van der Waals surface area contributed by atoms with Crippen molar-refractivity contribution >= 4 is 23.1 Å². The summed E-state index contributed by atoms with van der Waals surface area (Å²) in [6.07, 6.45) is 0. The Morgan fingerprint density at radius 2 is 1.58 bits per heavy atom. The Morgan fingerprint density at radius 1 is 0.939 bits per heavy atom. The van der Waals surface area contributed by atoms with Crippen molar-refractivity contribution in [1.82, 2.24) is 0 Å². The van der Waals surface area contributed by atoms with Crippen LogP contribution in [0.4, 0.5) is 5.69 Å². The van der Waals surface area contributed by atoms with Gasteiger partial charge in [0, 0.05) is 11.3 Å². The van der Waals surface area contributed by atoms with Crippen molar-refractivity contribution in [2.75, 3.05) is 11.5 Å². The standard InChI is InChI=1S/C28H27NO4/c1-4-33-23-16-12-20(13-17-23)25-24(26(30)21-8-6-5-7-9-21)27(31)28(32)29(25)22-14-10-19(11-15-22)18(2)3/h5-18,25,30H,4H2,1-3H3/b26-24+. The van der Waals surface area contributed by atoms with E-state index >= 15 is 0 Å². The summed E-state index contributed by atoms with van der Waals surface area (Å²) >= 11 is 0. The van der Waals surface area contributed by atoms with Gasteiger partial charge in [0.2, 0.25) is 0 Å². The Labute approximate surface area is 193 Å². The van der Waals surface area contributed by atoms with Crippen molar-refractivity contribution in [3.63, 3.8) is 0 Å². The second-order valence-corrected chi connectivity index (χ2v) is 8.28. The van der Waals surface area contributed by atoms with Crippen LogP contribution in [0.2, 0.25) is 0 Å². The fraction of sp³-hybridized carbons (Fsp3) is 0.214. The van der Waals surface area contributed by atoms with Crippen LogP contribution in [-0.2, 0) is 9.59 Å². The molecular formula is C28H27NO4. The fourth-order valence-corrected chi connectivity index (χ4v) is 4.10. The number of rotatable bonds is 6. The zero-order chi connectivity index (χ0) is 23.5. The molecule has 0 bridgehead atoms. The quantitative estimate of drug-likeness (QED) is 0.297. The van der Waals surface area contributed by atoms with Gasteiger partial charge in [0.15, 0.2) is 0 Å². The first kappa shape index (κ1) is 22.3. The molecule has 1 saturated heterocycles. The lowest BCUT2D eigenvalue weighted by Crippen LogP contribution is -2.29. The largest absolute Gasteiger partial charge is 0.507 e. The Bertz CT molecular complexity index is 1180. The molecule has 0 aromatic heterocycles. The fourth-order valence-electron chi connectivity index (χ4n) is 4.10. The van der Waals surface area contributed by atoms with E-state index in [9.17, 15) is 14.7 Å². The minimum absolute atomic E-state index is 0.0725. The van der Waals surface area contributed by atoms with Crippen LogP contribution in [0.1, 0.15) is 49.4 Å². The van der Waals surface area contributed by atoms with Crippen LogP contribution in [0.15, 0.2) is 84.4 Å². The van der Waals surface area contributed by atoms with Gasteiger partial charge in [-0.25, -0.2) is 0 Å². The summed E-state index contributed by atoms with van der Waals surface area (Å²) in [5, 5.41) is 11.1. The van der Waals surface area contributed by atoms with Crippen molar-refractivity contribution in [2.24, 2.45) is 0 Å². The molecule has 1 aliphatic rings. The highest BCUT2D eigenvalue weighted by Crippen LogP contribution is 2.42. The summed E-state index contributed by atoms with van der Waals surface area (Å²) in [5.74, 6) is -0.516. The minimum atomic E-state index is -0.759. The van der Waals surface area contributed by atoms with Crippen molar-refractivity contribution < 1.29 is 19.4 Å². The highest BCUT2D eigenvalue weighted by atomic mass is 16.5. The SMILES string of the molecule is CCOc1ccc(C2/C(=C(\O)c3ccccc3)C(=O)C(=O)N2c2ccc(C(C)C)cc2)cc1. The average molecular weight is 442 g/mol. The maximum absolute atomic E-state index is 13.2. The third-order valence-electron chi connectivity index (χ3n) is 5.84. The van der Waals surface area contributed by atoms with Crippen LogP contribution in [0.3, 0.4) is 0 Å². The number of amides is 1. The smallest absolute Gasteiger partial charge is 0.300 e. The van der Waals surface area contributed by atoms with Gasteiger partial charge in [0.05, 0.1) is 18.2 Å². The minimum Gasteiger partial charge on any atom is -0.507 e. The van der Waals surface area contributed by atoms with Crippen LogP contribution in [0.5, 0.6) is 5.75 Å². The van der Waals surface area contributed by atoms with E-state index in [1.54, 1.807) is 24.3 Å². The van der Waals surface area contributed by atoms with Crippen LogP contribution in [-0.4, -0.2) is 23.4 Å². The molecule has 1 heterocycles. The molecule has 4 rings (SSSR count). The molecule has 5 nitrogen and oxygen atoms in total. The summed E-state index contributed by atoms with van der Waals surface area (Å²) in [6.45, 7) is 6.64. The summed E-state index contributed by atoms with van der Waals surface area (Å²) in [7, 11) is 0. The van der Waals surface area contributed by atoms with E-state index in [0.29, 0.717) is 35.1 Å². The van der Waals surface area contributed by atoms with Gasteiger partial charge in [-0.1, -0.05) is 68.4 Å². The lowest BCUT2D eigenvalue weighted by molar-refractivity contribution is -0.132. The van der Waals surface area contributed by atoms with Crippen LogP contribution in [0.25, 0.3) is 5.76 Å². The Hall–Kier alpha value is -3.86. The number of ketones is 1. The number of anilines is 1. The van der Waals surface area contributed by atoms with Gasteiger partial charge >= 0.3 is 0 Å². The van der Waals surface area contributed by atoms with Gasteiger partial charge in [0.1, 0.15) is 11.5 Å². The van der Waals surface area contributed by atoms with E-state index < -0.39 is 17.7 Å². The molecule has 3 aromatic carbocycles. The third-order valence-corrected chi connectivity index (χ3v) is 5.84. The third kappa shape index (κ3) is 4.27. The van der Waals surface area contributed by atoms with Crippen molar-refractivity contribution in [1.29, 1.82) is 0 Å². The first-order chi connectivity index (χ1) is 15.9. The van der Waals surface area contributed by atoms with Gasteiger partial charge in [-0.2, -0.15) is 0 Å². The number of benzene rings is 3. The predicted molar refractivity (Wildman–Crippen MR) is 129 cm³/mol. The molecule has 0 aliphatic carbocycles. The van der Waals surface area contributed by atoms with E-state index in [1.807, 2.05) is 61.5 Å². The van der Waals surface area contributed by atoms with Crippen LogP contribution in [0, 0.1) is 0 Å². The number of carbonyl (C=O) groups excluding carboxylic acids is 2. The van der Waals surface area contributed by atoms with E-state index in [2.05, 4.69) is 13.8 Å². The van der Waals surface area contributed by atoms with Gasteiger partial charge in [0.25, 0.3) is 11.7 Å². The Balaban J connectivity index is 1.87. The molecule has 1 unspecified atom stereocenters. The van der Waals surface area contributed by atoms with Crippen molar-refractivity contribution in [3.8, 4) is 5.75 Å². The number of aliphatic hydroxyl groups excluding tert-OH is 1. The monoisotopic (exact) mass is 441 g/mol. The van der Waals surface area contributed by atoms with E-state index in [-0.39, 0.29) is 11.3 Å². The molecule has 3 aromatic rings. The summed E-state index contributed by atoms with van der Waals surface area (Å²) in [4.78, 5) is 27.9. The van der Waals surface area contributed by atoms with E-state index in [1.165, 1.54) is 4.90 Å². The second kappa shape index (κ2) is 9.33. The number of carbonyl (C=O) groups is 2. The predicted octanol–water partition coefficient (Wildman–Crippen LogP) is 5.84. The van der Waals surface area contributed by atoms with Gasteiger partial charge < -0.3 is 9.84 Å². The molecule has 0 radical (unpaired) electrons. The van der Waals surface area contributed by atoms with Crippen LogP contribution >= 0.6 is 0 Å². The highest BCUT2D eigenvalue weighted by Gasteiger charge is 2.46. The zero-order valence-electron chi connectivity index (χ0n) is 19.0. The summed E-state index contributed by atoms with van der Waals surface area (Å²) in [6, 6.07) is 23.0. The summed E-state index contributed by atoms with van der Waals surface area (Å²) < 4.78 is 5.55. The second-order valence-electron chi connectivity index (χ2n) is 8.28. The topological polar surface area (TPSA) is 66.8 Å². The van der Waals surface area contributed by atoms with Crippen LogP contribution < -0.4 is 9.64 Å². The lowest BCUT2D eigenvalue weighted by atomic mass is 9.95. The summed E-state index contributed by atoms with van der Waals surface area (Å²) in [5.41, 5.74) is 3.01. The number of aliphatic hydroxyl groups is 1. The molecule has 0 saturated carbocycles. The Morgan fingerprint density at radius 3 is 2.15 bits per heavy atom. The molecule has 33 heavy (non-hydrogen) atoms. The number of hydrogen-bond acceptors (Lipinski definition) is 4.